The van der Waals surface area contributed by atoms with E-state index in [0.717, 1.165) is 44.5 Å². The van der Waals surface area contributed by atoms with E-state index in [1.54, 1.807) is 0 Å². The summed E-state index contributed by atoms with van der Waals surface area (Å²) in [6.07, 6.45) is 6.95. The third-order valence-corrected chi connectivity index (χ3v) is 6.43. The van der Waals surface area contributed by atoms with Crippen LogP contribution in [-0.2, 0) is 24.8 Å². The van der Waals surface area contributed by atoms with Crippen molar-refractivity contribution in [2.24, 2.45) is 13.0 Å². The summed E-state index contributed by atoms with van der Waals surface area (Å²) >= 11 is 0. The van der Waals surface area contributed by atoms with Crippen LogP contribution >= 0.6 is 0 Å². The van der Waals surface area contributed by atoms with Crippen LogP contribution in [0, 0.1) is 19.8 Å². The molecule has 3 heterocycles. The summed E-state index contributed by atoms with van der Waals surface area (Å²) in [5.74, 6) is 0.337. The molecule has 1 fully saturated rings. The van der Waals surface area contributed by atoms with Crippen molar-refractivity contribution in [3.63, 3.8) is 0 Å². The zero-order chi connectivity index (χ0) is 21.1. The molecular formula is C25H32N4O. The second-order valence-corrected chi connectivity index (χ2v) is 8.65. The quantitative estimate of drug-likeness (QED) is 0.681. The number of aryl methyl sites for hydroxylation is 3. The molecule has 2 aromatic heterocycles. The lowest BCUT2D eigenvalue weighted by atomic mass is 9.95. The number of fused-ring (bicyclic) bond motifs is 1. The fraction of sp³-hybridized carbons (Fsp3) is 0.440. The Kier molecular flexibility index (Phi) is 6.18. The fourth-order valence-corrected chi connectivity index (χ4v) is 4.51. The molecular weight excluding hydrogens is 372 g/mol. The normalized spacial score (nSPS) is 15.6. The lowest BCUT2D eigenvalue weighted by molar-refractivity contribution is -0.126. The predicted molar refractivity (Wildman–Crippen MR) is 121 cm³/mol. The van der Waals surface area contributed by atoms with Crippen LogP contribution < -0.4 is 5.32 Å². The fourth-order valence-electron chi connectivity index (χ4n) is 4.51. The standard InChI is InChI=1S/C25H32N4O/c1-18-6-7-19(2)22(15-18)16-27-25(30)20-8-12-29(13-9-20)14-10-21-17-28(3)24-23(21)5-4-11-26-24/h4-7,11,15,17,20H,8-10,12-14,16H2,1-3H3,(H,27,30). The van der Waals surface area contributed by atoms with E-state index in [4.69, 9.17) is 0 Å². The molecule has 158 valence electrons. The lowest BCUT2D eigenvalue weighted by Gasteiger charge is -2.31. The molecule has 3 aromatic rings. The van der Waals surface area contributed by atoms with Gasteiger partial charge in [-0.2, -0.15) is 0 Å². The average molecular weight is 405 g/mol. The maximum atomic E-state index is 12.7. The Morgan fingerprint density at radius 3 is 2.77 bits per heavy atom. The Morgan fingerprint density at radius 1 is 1.17 bits per heavy atom. The number of rotatable bonds is 6. The zero-order valence-electron chi connectivity index (χ0n) is 18.3. The number of carbonyl (C=O) groups excluding carboxylic acids is 1. The molecule has 1 aromatic carbocycles. The SMILES string of the molecule is Cc1ccc(C)c(CNC(=O)C2CCN(CCc3cn(C)c4ncccc34)CC2)c1. The van der Waals surface area contributed by atoms with Gasteiger partial charge >= 0.3 is 0 Å². The number of aromatic nitrogens is 2. The number of pyridine rings is 1. The summed E-state index contributed by atoms with van der Waals surface area (Å²) in [6, 6.07) is 10.6. The highest BCUT2D eigenvalue weighted by atomic mass is 16.1. The van der Waals surface area contributed by atoms with Gasteiger partial charge in [0.1, 0.15) is 5.65 Å². The summed E-state index contributed by atoms with van der Waals surface area (Å²) in [7, 11) is 2.06. The van der Waals surface area contributed by atoms with E-state index in [-0.39, 0.29) is 11.8 Å². The summed E-state index contributed by atoms with van der Waals surface area (Å²) in [6.45, 7) is 7.84. The average Bonchev–Trinajstić information content (AvgIpc) is 3.09. The predicted octanol–water partition coefficient (Wildman–Crippen LogP) is 3.76. The Balaban J connectivity index is 1.25. The van der Waals surface area contributed by atoms with E-state index in [2.05, 4.69) is 71.1 Å². The highest BCUT2D eigenvalue weighted by Crippen LogP contribution is 2.21. The zero-order valence-corrected chi connectivity index (χ0v) is 18.3. The van der Waals surface area contributed by atoms with Crippen molar-refractivity contribution in [2.75, 3.05) is 19.6 Å². The summed E-state index contributed by atoms with van der Waals surface area (Å²) in [4.78, 5) is 19.6. The molecule has 4 rings (SSSR count). The third kappa shape index (κ3) is 4.57. The molecule has 0 aliphatic carbocycles. The lowest BCUT2D eigenvalue weighted by Crippen LogP contribution is -2.41. The first-order valence-electron chi connectivity index (χ1n) is 11.0. The van der Waals surface area contributed by atoms with E-state index >= 15 is 0 Å². The van der Waals surface area contributed by atoms with Crippen LogP contribution in [-0.4, -0.2) is 40.0 Å². The number of hydrogen-bond donors (Lipinski definition) is 1. The number of amides is 1. The van der Waals surface area contributed by atoms with Crippen molar-refractivity contribution in [1.29, 1.82) is 0 Å². The molecule has 5 nitrogen and oxygen atoms in total. The Bertz CT molecular complexity index is 1030. The van der Waals surface area contributed by atoms with Crippen molar-refractivity contribution < 1.29 is 4.79 Å². The van der Waals surface area contributed by atoms with E-state index in [9.17, 15) is 4.79 Å². The number of nitrogens with one attached hydrogen (secondary N) is 1. The van der Waals surface area contributed by atoms with Gasteiger partial charge in [-0.15, -0.1) is 0 Å². The first-order valence-corrected chi connectivity index (χ1v) is 11.0. The van der Waals surface area contributed by atoms with Gasteiger partial charge in [0, 0.05) is 43.8 Å². The summed E-state index contributed by atoms with van der Waals surface area (Å²) < 4.78 is 2.11. The van der Waals surface area contributed by atoms with Gasteiger partial charge in [0.2, 0.25) is 5.91 Å². The van der Waals surface area contributed by atoms with E-state index in [1.807, 2.05) is 12.3 Å². The topological polar surface area (TPSA) is 50.2 Å². The highest BCUT2D eigenvalue weighted by molar-refractivity contribution is 5.80. The monoisotopic (exact) mass is 404 g/mol. The van der Waals surface area contributed by atoms with Crippen LogP contribution in [0.5, 0.6) is 0 Å². The number of carbonyl (C=O) groups is 1. The second kappa shape index (κ2) is 9.00. The van der Waals surface area contributed by atoms with Crippen LogP contribution in [0.15, 0.2) is 42.7 Å². The Hall–Kier alpha value is -2.66. The van der Waals surface area contributed by atoms with Gasteiger partial charge in [-0.25, -0.2) is 4.98 Å². The number of nitrogens with zero attached hydrogens (tertiary/aromatic N) is 3. The molecule has 1 aliphatic heterocycles. The molecule has 30 heavy (non-hydrogen) atoms. The molecule has 5 heteroatoms. The highest BCUT2D eigenvalue weighted by Gasteiger charge is 2.25. The second-order valence-electron chi connectivity index (χ2n) is 8.65. The molecule has 0 spiro atoms. The summed E-state index contributed by atoms with van der Waals surface area (Å²) in [5.41, 5.74) is 6.09. The van der Waals surface area contributed by atoms with Crippen LogP contribution in [0.25, 0.3) is 11.0 Å². The molecule has 0 unspecified atom stereocenters. The van der Waals surface area contributed by atoms with Gasteiger partial charge in [-0.3, -0.25) is 4.79 Å². The smallest absolute Gasteiger partial charge is 0.223 e. The molecule has 1 amide bonds. The molecule has 0 radical (unpaired) electrons. The van der Waals surface area contributed by atoms with Crippen molar-refractivity contribution in [1.82, 2.24) is 19.8 Å². The molecule has 0 saturated carbocycles. The molecule has 1 N–H and O–H groups in total. The minimum absolute atomic E-state index is 0.133. The number of hydrogen-bond acceptors (Lipinski definition) is 3. The van der Waals surface area contributed by atoms with Gasteiger partial charge in [0.05, 0.1) is 0 Å². The first-order chi connectivity index (χ1) is 14.5. The van der Waals surface area contributed by atoms with Gasteiger partial charge in [0.25, 0.3) is 0 Å². The van der Waals surface area contributed by atoms with E-state index in [1.165, 1.54) is 27.6 Å². The van der Waals surface area contributed by atoms with E-state index < -0.39 is 0 Å². The van der Waals surface area contributed by atoms with Gasteiger partial charge in [-0.1, -0.05) is 23.8 Å². The van der Waals surface area contributed by atoms with Gasteiger partial charge < -0.3 is 14.8 Å². The van der Waals surface area contributed by atoms with Crippen LogP contribution in [0.1, 0.15) is 35.1 Å². The molecule has 1 aliphatic rings. The first kappa shape index (κ1) is 20.6. The third-order valence-electron chi connectivity index (χ3n) is 6.43. The minimum atomic E-state index is 0.133. The van der Waals surface area contributed by atoms with Crippen molar-refractivity contribution in [3.8, 4) is 0 Å². The number of likely N-dealkylation sites (tertiary alicyclic amines) is 1. The Morgan fingerprint density at radius 2 is 1.97 bits per heavy atom. The number of piperidine rings is 1. The van der Waals surface area contributed by atoms with Crippen LogP contribution in [0.3, 0.4) is 0 Å². The van der Waals surface area contributed by atoms with Crippen LogP contribution in [0.4, 0.5) is 0 Å². The van der Waals surface area contributed by atoms with Crippen LogP contribution in [0.2, 0.25) is 0 Å². The molecule has 1 saturated heterocycles. The molecule has 0 atom stereocenters. The number of benzene rings is 1. The minimum Gasteiger partial charge on any atom is -0.352 e. The largest absolute Gasteiger partial charge is 0.352 e. The van der Waals surface area contributed by atoms with E-state index in [0.29, 0.717) is 6.54 Å². The maximum Gasteiger partial charge on any atom is 0.223 e. The summed E-state index contributed by atoms with van der Waals surface area (Å²) in [5, 5.41) is 4.42. The van der Waals surface area contributed by atoms with Crippen molar-refractivity contribution >= 4 is 16.9 Å². The van der Waals surface area contributed by atoms with Crippen molar-refractivity contribution in [2.45, 2.75) is 39.7 Å². The molecule has 0 bridgehead atoms. The Labute approximate surface area is 179 Å². The van der Waals surface area contributed by atoms with Gasteiger partial charge in [-0.05, 0) is 75.0 Å². The maximum absolute atomic E-state index is 12.7. The van der Waals surface area contributed by atoms with Gasteiger partial charge in [0.15, 0.2) is 0 Å². The van der Waals surface area contributed by atoms with Crippen molar-refractivity contribution in [3.05, 3.63) is 65.0 Å².